The fourth-order valence-electron chi connectivity index (χ4n) is 2.79. The summed E-state index contributed by atoms with van der Waals surface area (Å²) in [7, 11) is 0. The molecule has 0 bridgehead atoms. The Balaban J connectivity index is 2.12. The van der Waals surface area contributed by atoms with Crippen molar-refractivity contribution >= 4 is 22.7 Å². The quantitative estimate of drug-likeness (QED) is 0.538. The number of hydrogen-bond donors (Lipinski definition) is 1. The molecule has 1 unspecified atom stereocenters. The van der Waals surface area contributed by atoms with Crippen LogP contribution in [0.5, 0.6) is 5.75 Å². The van der Waals surface area contributed by atoms with Gasteiger partial charge in [0, 0.05) is 16.1 Å². The molecule has 2 aromatic carbocycles. The van der Waals surface area contributed by atoms with Crippen molar-refractivity contribution in [3.05, 3.63) is 75.4 Å². The van der Waals surface area contributed by atoms with E-state index in [0.29, 0.717) is 21.8 Å². The van der Waals surface area contributed by atoms with E-state index in [1.807, 2.05) is 13.8 Å². The Morgan fingerprint density at radius 2 is 2.03 bits per heavy atom. The lowest BCUT2D eigenvalue weighted by Crippen LogP contribution is -2.24. The van der Waals surface area contributed by atoms with Crippen molar-refractivity contribution in [3.8, 4) is 22.6 Å². The zero-order valence-corrected chi connectivity index (χ0v) is 17.9. The Kier molecular flexibility index (Phi) is 7.02. The highest BCUT2D eigenvalue weighted by molar-refractivity contribution is 7.78. The molecule has 1 N–H and O–H groups in total. The Morgan fingerprint density at radius 1 is 1.27 bits per heavy atom. The third-order valence-electron chi connectivity index (χ3n) is 4.19. The molecule has 3 aromatic rings. The van der Waals surface area contributed by atoms with E-state index in [4.69, 9.17) is 20.9 Å². The molecule has 1 aromatic heterocycles. The van der Waals surface area contributed by atoms with Gasteiger partial charge in [0.05, 0.1) is 24.2 Å². The van der Waals surface area contributed by atoms with Crippen molar-refractivity contribution in [3.63, 3.8) is 0 Å². The Morgan fingerprint density at radius 3 is 2.67 bits per heavy atom. The minimum absolute atomic E-state index is 0.0385. The fourth-order valence-corrected chi connectivity index (χ4v) is 3.47. The highest BCUT2D eigenvalue weighted by Crippen LogP contribution is 2.29. The summed E-state index contributed by atoms with van der Waals surface area (Å²) in [4.78, 5) is 13.2. The first-order valence-electron chi connectivity index (χ1n) is 9.13. The third kappa shape index (κ3) is 5.13. The first-order chi connectivity index (χ1) is 14.3. The molecule has 6 nitrogen and oxygen atoms in total. The minimum Gasteiger partial charge on any atom is -0.487 e. The molecule has 9 heteroatoms. The van der Waals surface area contributed by atoms with Crippen molar-refractivity contribution in [2.75, 3.05) is 6.61 Å². The molecule has 30 heavy (non-hydrogen) atoms. The summed E-state index contributed by atoms with van der Waals surface area (Å²) in [5, 5.41) is 4.66. The van der Waals surface area contributed by atoms with E-state index in [2.05, 4.69) is 5.10 Å². The van der Waals surface area contributed by atoms with Crippen LogP contribution >= 0.6 is 11.6 Å². The van der Waals surface area contributed by atoms with Crippen LogP contribution in [0.1, 0.15) is 19.4 Å². The van der Waals surface area contributed by atoms with Gasteiger partial charge in [-0.25, -0.2) is 8.60 Å². The maximum Gasteiger partial charge on any atom is 0.314 e. The number of rotatable bonds is 7. The van der Waals surface area contributed by atoms with E-state index < -0.39 is 22.5 Å². The highest BCUT2D eigenvalue weighted by atomic mass is 35.5. The van der Waals surface area contributed by atoms with E-state index in [-0.39, 0.29) is 29.6 Å². The van der Waals surface area contributed by atoms with E-state index in [9.17, 15) is 13.4 Å². The molecule has 3 rings (SSSR count). The summed E-state index contributed by atoms with van der Waals surface area (Å²) in [6.45, 7) is 4.17. The predicted molar refractivity (Wildman–Crippen MR) is 115 cm³/mol. The smallest absolute Gasteiger partial charge is 0.314 e. The van der Waals surface area contributed by atoms with Crippen molar-refractivity contribution < 1.29 is 17.9 Å². The molecule has 0 spiro atoms. The molecule has 0 saturated carbocycles. The topological polar surface area (TPSA) is 81.4 Å². The van der Waals surface area contributed by atoms with Gasteiger partial charge in [0.25, 0.3) is 0 Å². The summed E-state index contributed by atoms with van der Waals surface area (Å²) in [5.74, 6) is -0.777. The number of hydrogen-bond acceptors (Lipinski definition) is 4. The Hall–Kier alpha value is -2.55. The number of ether oxygens (including phenoxy) is 1. The van der Waals surface area contributed by atoms with Crippen LogP contribution in [-0.2, 0) is 16.8 Å². The normalized spacial score (nSPS) is 12.2. The number of aromatic nitrogens is 2. The van der Waals surface area contributed by atoms with Crippen LogP contribution in [0.15, 0.2) is 53.5 Å². The monoisotopic (exact) mass is 450 g/mol. The number of halogens is 2. The maximum atomic E-state index is 14.4. The second kappa shape index (κ2) is 9.51. The van der Waals surface area contributed by atoms with Crippen LogP contribution in [0.3, 0.4) is 0 Å². The molecular weight excluding hydrogens is 431 g/mol. The summed E-state index contributed by atoms with van der Waals surface area (Å²) < 4.78 is 41.4. The summed E-state index contributed by atoms with van der Waals surface area (Å²) in [6, 6.07) is 10.9. The van der Waals surface area contributed by atoms with Gasteiger partial charge in [0.15, 0.2) is 16.8 Å². The van der Waals surface area contributed by atoms with Gasteiger partial charge < -0.3 is 9.29 Å². The van der Waals surface area contributed by atoms with Gasteiger partial charge >= 0.3 is 5.56 Å². The van der Waals surface area contributed by atoms with E-state index in [1.54, 1.807) is 30.3 Å². The summed E-state index contributed by atoms with van der Waals surface area (Å²) in [5.41, 5.74) is 0.775. The molecule has 1 heterocycles. The molecule has 0 aliphatic carbocycles. The third-order valence-corrected chi connectivity index (χ3v) is 4.98. The van der Waals surface area contributed by atoms with Gasteiger partial charge in [-0.05, 0) is 35.7 Å². The van der Waals surface area contributed by atoms with Crippen LogP contribution < -0.4 is 10.3 Å². The van der Waals surface area contributed by atoms with Gasteiger partial charge in [-0.2, -0.15) is 9.78 Å². The van der Waals surface area contributed by atoms with Crippen molar-refractivity contribution in [2.24, 2.45) is 5.92 Å². The van der Waals surface area contributed by atoms with E-state index >= 15 is 0 Å². The van der Waals surface area contributed by atoms with Gasteiger partial charge in [0.1, 0.15) is 5.82 Å². The summed E-state index contributed by atoms with van der Waals surface area (Å²) in [6.07, 6.45) is 1.43. The zero-order valence-electron chi connectivity index (χ0n) is 16.3. The van der Waals surface area contributed by atoms with Gasteiger partial charge in [-0.3, -0.25) is 4.79 Å². The Labute approximate surface area is 180 Å². The molecule has 0 aliphatic rings. The van der Waals surface area contributed by atoms with Crippen molar-refractivity contribution in [1.82, 2.24) is 9.78 Å². The number of nitrogens with zero attached hydrogens (tertiary/aromatic N) is 2. The molecule has 0 fully saturated rings. The molecular formula is C21H20ClFN2O4S. The highest BCUT2D eigenvalue weighted by Gasteiger charge is 2.18. The lowest BCUT2D eigenvalue weighted by molar-refractivity contribution is 0.267. The van der Waals surface area contributed by atoms with Gasteiger partial charge in [-0.15, -0.1) is 0 Å². The molecule has 1 atom stereocenters. The SMILES string of the molecule is CC(C)COc1c(-c2ccc(CS(=O)O)c(F)c2)cnn(-c2cccc(Cl)c2)c1=O. The first kappa shape index (κ1) is 22.1. The van der Waals surface area contributed by atoms with Crippen molar-refractivity contribution in [2.45, 2.75) is 19.6 Å². The minimum atomic E-state index is -2.16. The molecule has 0 saturated heterocycles. The maximum absolute atomic E-state index is 14.4. The van der Waals surface area contributed by atoms with E-state index in [1.165, 1.54) is 23.0 Å². The molecule has 0 radical (unpaired) electrons. The first-order valence-corrected chi connectivity index (χ1v) is 10.8. The molecule has 158 valence electrons. The standard InChI is InChI=1S/C21H20ClFN2O4S/c1-13(2)11-29-20-18(14-6-7-15(12-30(27)28)19(23)8-14)10-24-25(21(20)26)17-5-3-4-16(22)9-17/h3-10,13H,11-12H2,1-2H3,(H,27,28). The van der Waals surface area contributed by atoms with Crippen LogP contribution in [0.2, 0.25) is 5.02 Å². The van der Waals surface area contributed by atoms with Gasteiger partial charge in [-0.1, -0.05) is 43.6 Å². The van der Waals surface area contributed by atoms with E-state index in [0.717, 1.165) is 0 Å². The van der Waals surface area contributed by atoms with Crippen molar-refractivity contribution in [1.29, 1.82) is 0 Å². The van der Waals surface area contributed by atoms with Gasteiger partial charge in [0.2, 0.25) is 0 Å². The average molecular weight is 451 g/mol. The second-order valence-electron chi connectivity index (χ2n) is 7.06. The lowest BCUT2D eigenvalue weighted by Gasteiger charge is -2.15. The largest absolute Gasteiger partial charge is 0.487 e. The predicted octanol–water partition coefficient (Wildman–Crippen LogP) is 4.45. The van der Waals surface area contributed by atoms with Crippen LogP contribution in [0, 0.1) is 11.7 Å². The fraction of sp³-hybridized carbons (Fsp3) is 0.238. The molecule has 0 amide bonds. The summed E-state index contributed by atoms with van der Waals surface area (Å²) >= 11 is 3.87. The average Bonchev–Trinajstić information content (AvgIpc) is 2.68. The van der Waals surface area contributed by atoms with Crippen LogP contribution in [0.25, 0.3) is 16.8 Å². The second-order valence-corrected chi connectivity index (χ2v) is 8.43. The van der Waals surface area contributed by atoms with Crippen LogP contribution in [0.4, 0.5) is 4.39 Å². The number of benzene rings is 2. The zero-order chi connectivity index (χ0) is 21.8. The lowest BCUT2D eigenvalue weighted by atomic mass is 10.0. The molecule has 0 aliphatic heterocycles. The Bertz CT molecular complexity index is 1150. The van der Waals surface area contributed by atoms with Crippen LogP contribution in [-0.4, -0.2) is 25.1 Å².